The number of hydrogen-bond acceptors (Lipinski definition) is 3. The fourth-order valence-electron chi connectivity index (χ4n) is 1.81. The average Bonchev–Trinajstić information content (AvgIpc) is 2.44. The first-order valence-corrected chi connectivity index (χ1v) is 8.31. The van der Waals surface area contributed by atoms with E-state index in [1.807, 2.05) is 26.0 Å². The van der Waals surface area contributed by atoms with E-state index in [4.69, 9.17) is 16.3 Å². The third kappa shape index (κ3) is 3.68. The molecular weight excluding hydrogens is 310 g/mol. The second-order valence-corrected chi connectivity index (χ2v) is 6.54. The van der Waals surface area contributed by atoms with E-state index in [1.165, 1.54) is 18.2 Å². The monoisotopic (exact) mass is 325 g/mol. The van der Waals surface area contributed by atoms with Gasteiger partial charge in [-0.25, -0.2) is 8.42 Å². The first-order valence-electron chi connectivity index (χ1n) is 6.45. The number of rotatable bonds is 5. The molecule has 0 saturated heterocycles. The van der Waals surface area contributed by atoms with Crippen molar-refractivity contribution in [1.82, 2.24) is 0 Å². The molecule has 6 heteroatoms. The minimum absolute atomic E-state index is 0.110. The highest BCUT2D eigenvalue weighted by Crippen LogP contribution is 2.28. The zero-order valence-corrected chi connectivity index (χ0v) is 13.3. The van der Waals surface area contributed by atoms with Gasteiger partial charge in [-0.3, -0.25) is 4.72 Å². The van der Waals surface area contributed by atoms with Gasteiger partial charge in [-0.15, -0.1) is 0 Å². The molecule has 2 aromatic carbocycles. The molecule has 0 aliphatic rings. The SMILES string of the molecule is CCOc1cc(S(=O)(=O)Nc2ccccc2C)ccc1Cl. The Labute approximate surface area is 129 Å². The Morgan fingerprint density at radius 3 is 2.57 bits per heavy atom. The second kappa shape index (κ2) is 6.37. The van der Waals surface area contributed by atoms with E-state index in [0.717, 1.165) is 5.56 Å². The Balaban J connectivity index is 2.36. The molecule has 0 aliphatic carbocycles. The minimum atomic E-state index is -3.68. The lowest BCUT2D eigenvalue weighted by molar-refractivity contribution is 0.339. The van der Waals surface area contributed by atoms with E-state index < -0.39 is 10.0 Å². The molecule has 1 N–H and O–H groups in total. The van der Waals surface area contributed by atoms with E-state index in [9.17, 15) is 8.42 Å². The average molecular weight is 326 g/mol. The van der Waals surface area contributed by atoms with Crippen molar-refractivity contribution >= 4 is 27.3 Å². The summed E-state index contributed by atoms with van der Waals surface area (Å²) in [7, 11) is -3.68. The van der Waals surface area contributed by atoms with Gasteiger partial charge in [-0.05, 0) is 37.6 Å². The van der Waals surface area contributed by atoms with Crippen LogP contribution in [0.2, 0.25) is 5.02 Å². The molecule has 2 aromatic rings. The van der Waals surface area contributed by atoms with E-state index in [-0.39, 0.29) is 4.90 Å². The van der Waals surface area contributed by atoms with Crippen molar-refractivity contribution in [3.8, 4) is 5.75 Å². The molecule has 0 amide bonds. The van der Waals surface area contributed by atoms with Crippen LogP contribution in [0.25, 0.3) is 0 Å². The molecule has 112 valence electrons. The van der Waals surface area contributed by atoms with Gasteiger partial charge in [0.15, 0.2) is 0 Å². The minimum Gasteiger partial charge on any atom is -0.492 e. The molecule has 2 rings (SSSR count). The third-order valence-corrected chi connectivity index (χ3v) is 4.58. The molecule has 0 aromatic heterocycles. The van der Waals surface area contributed by atoms with E-state index in [1.54, 1.807) is 12.1 Å². The van der Waals surface area contributed by atoms with Crippen LogP contribution >= 0.6 is 11.6 Å². The van der Waals surface area contributed by atoms with Crippen molar-refractivity contribution in [3.63, 3.8) is 0 Å². The van der Waals surface area contributed by atoms with Crippen LogP contribution in [0.4, 0.5) is 5.69 Å². The molecule has 4 nitrogen and oxygen atoms in total. The van der Waals surface area contributed by atoms with E-state index >= 15 is 0 Å². The van der Waals surface area contributed by atoms with Gasteiger partial charge in [0.05, 0.1) is 22.2 Å². The number of nitrogens with one attached hydrogen (secondary N) is 1. The smallest absolute Gasteiger partial charge is 0.262 e. The lowest BCUT2D eigenvalue weighted by atomic mass is 10.2. The molecule has 0 unspecified atom stereocenters. The quantitative estimate of drug-likeness (QED) is 0.908. The first-order chi connectivity index (χ1) is 9.94. The predicted octanol–water partition coefficient (Wildman–Crippen LogP) is 3.85. The summed E-state index contributed by atoms with van der Waals surface area (Å²) in [6.07, 6.45) is 0. The maximum atomic E-state index is 12.4. The van der Waals surface area contributed by atoms with Crippen molar-refractivity contribution in [2.45, 2.75) is 18.7 Å². The summed E-state index contributed by atoms with van der Waals surface area (Å²) in [6.45, 7) is 4.06. The van der Waals surface area contributed by atoms with Gasteiger partial charge >= 0.3 is 0 Å². The number of ether oxygens (including phenoxy) is 1. The van der Waals surface area contributed by atoms with Crippen molar-refractivity contribution in [1.29, 1.82) is 0 Å². The summed E-state index contributed by atoms with van der Waals surface area (Å²) < 4.78 is 32.7. The van der Waals surface area contributed by atoms with Crippen LogP contribution in [-0.4, -0.2) is 15.0 Å². The van der Waals surface area contributed by atoms with Crippen LogP contribution in [-0.2, 0) is 10.0 Å². The van der Waals surface area contributed by atoms with Gasteiger partial charge in [0.1, 0.15) is 5.75 Å². The summed E-state index contributed by atoms with van der Waals surface area (Å²) >= 11 is 5.97. The fourth-order valence-corrected chi connectivity index (χ4v) is 3.13. The van der Waals surface area contributed by atoms with Gasteiger partial charge in [-0.2, -0.15) is 0 Å². The predicted molar refractivity (Wildman–Crippen MR) is 84.6 cm³/mol. The van der Waals surface area contributed by atoms with Gasteiger partial charge in [0.25, 0.3) is 10.0 Å². The normalized spacial score (nSPS) is 11.2. The zero-order valence-electron chi connectivity index (χ0n) is 11.8. The van der Waals surface area contributed by atoms with Gasteiger partial charge in [0.2, 0.25) is 0 Å². The summed E-state index contributed by atoms with van der Waals surface area (Å²) in [5, 5.41) is 0.381. The molecule has 0 spiro atoms. The number of halogens is 1. The number of hydrogen-bond donors (Lipinski definition) is 1. The first kappa shape index (κ1) is 15.7. The third-order valence-electron chi connectivity index (χ3n) is 2.90. The van der Waals surface area contributed by atoms with Gasteiger partial charge < -0.3 is 4.74 Å². The molecule has 0 saturated carbocycles. The van der Waals surface area contributed by atoms with Crippen molar-refractivity contribution < 1.29 is 13.2 Å². The Kier molecular flexibility index (Phi) is 4.75. The van der Waals surface area contributed by atoms with Crippen LogP contribution in [0.5, 0.6) is 5.75 Å². The standard InChI is InChI=1S/C15H16ClNO3S/c1-3-20-15-10-12(8-9-13(15)16)21(18,19)17-14-7-5-4-6-11(14)2/h4-10,17H,3H2,1-2H3. The lowest BCUT2D eigenvalue weighted by Crippen LogP contribution is -2.14. The Morgan fingerprint density at radius 1 is 1.19 bits per heavy atom. The van der Waals surface area contributed by atoms with Gasteiger partial charge in [-0.1, -0.05) is 29.8 Å². The van der Waals surface area contributed by atoms with Crippen LogP contribution in [0.1, 0.15) is 12.5 Å². The zero-order chi connectivity index (χ0) is 15.5. The number of sulfonamides is 1. The molecular formula is C15H16ClNO3S. The van der Waals surface area contributed by atoms with Crippen LogP contribution in [0, 0.1) is 6.92 Å². The second-order valence-electron chi connectivity index (χ2n) is 4.45. The summed E-state index contributed by atoms with van der Waals surface area (Å²) in [5.74, 6) is 0.354. The Morgan fingerprint density at radius 2 is 1.90 bits per heavy atom. The number of anilines is 1. The molecule has 21 heavy (non-hydrogen) atoms. The highest BCUT2D eigenvalue weighted by atomic mass is 35.5. The summed E-state index contributed by atoms with van der Waals surface area (Å²) in [5.41, 5.74) is 1.39. The van der Waals surface area contributed by atoms with E-state index in [2.05, 4.69) is 4.72 Å². The van der Waals surface area contributed by atoms with Gasteiger partial charge in [0, 0.05) is 6.07 Å². The van der Waals surface area contributed by atoms with Crippen LogP contribution in [0.15, 0.2) is 47.4 Å². The van der Waals surface area contributed by atoms with Crippen LogP contribution in [0.3, 0.4) is 0 Å². The number of para-hydroxylation sites is 1. The molecule has 0 radical (unpaired) electrons. The van der Waals surface area contributed by atoms with Crippen molar-refractivity contribution in [3.05, 3.63) is 53.1 Å². The van der Waals surface area contributed by atoms with Crippen LogP contribution < -0.4 is 9.46 Å². The summed E-state index contributed by atoms with van der Waals surface area (Å²) in [4.78, 5) is 0.110. The van der Waals surface area contributed by atoms with E-state index in [0.29, 0.717) is 23.1 Å². The van der Waals surface area contributed by atoms with Crippen molar-refractivity contribution in [2.24, 2.45) is 0 Å². The highest BCUT2D eigenvalue weighted by Gasteiger charge is 2.17. The Bertz CT molecular complexity index is 744. The molecule has 0 bridgehead atoms. The van der Waals surface area contributed by atoms with Crippen molar-refractivity contribution in [2.75, 3.05) is 11.3 Å². The maximum Gasteiger partial charge on any atom is 0.262 e. The molecule has 0 atom stereocenters. The summed E-state index contributed by atoms with van der Waals surface area (Å²) in [6, 6.07) is 11.6. The number of benzene rings is 2. The fraction of sp³-hybridized carbons (Fsp3) is 0.200. The molecule has 0 heterocycles. The number of aryl methyl sites for hydroxylation is 1. The maximum absolute atomic E-state index is 12.4. The Hall–Kier alpha value is -1.72. The topological polar surface area (TPSA) is 55.4 Å². The largest absolute Gasteiger partial charge is 0.492 e. The molecule has 0 aliphatic heterocycles. The lowest BCUT2D eigenvalue weighted by Gasteiger charge is -2.12. The highest BCUT2D eigenvalue weighted by molar-refractivity contribution is 7.92. The molecule has 0 fully saturated rings.